The lowest BCUT2D eigenvalue weighted by Gasteiger charge is -2.29. The number of rotatable bonds is 4. The Morgan fingerprint density at radius 2 is 1.44 bits per heavy atom. The second-order valence-electron chi connectivity index (χ2n) is 8.76. The normalized spacial score (nSPS) is 22.0. The standard InChI is InChI=1S/C29H24N2O3/c1-2-19-15-17-21(18-16-19)30-28(32)25-26(24-14-8-10-20-9-6-7-13-23(20)24)31(34-27(25)29(30)33)22-11-4-3-5-12-22/h3-18,25-27H,2H2,1H3/t25-,26+,27-/m0/s1. The molecule has 2 aliphatic rings. The van der Waals surface area contributed by atoms with Gasteiger partial charge in [-0.15, -0.1) is 0 Å². The van der Waals surface area contributed by atoms with Crippen LogP contribution in [0.1, 0.15) is 24.1 Å². The van der Waals surface area contributed by atoms with Gasteiger partial charge in [-0.3, -0.25) is 14.4 Å². The molecule has 4 aromatic rings. The number of hydroxylamine groups is 1. The van der Waals surface area contributed by atoms with Crippen molar-refractivity contribution in [2.45, 2.75) is 25.5 Å². The van der Waals surface area contributed by atoms with Crippen LogP contribution < -0.4 is 9.96 Å². The highest BCUT2D eigenvalue weighted by Crippen LogP contribution is 2.48. The number of hydrogen-bond donors (Lipinski definition) is 0. The minimum atomic E-state index is -0.873. The molecule has 0 unspecified atom stereocenters. The first kappa shape index (κ1) is 20.6. The number of benzene rings is 4. The van der Waals surface area contributed by atoms with Gasteiger partial charge in [0.2, 0.25) is 5.91 Å². The molecule has 2 saturated heterocycles. The number of hydrogen-bond acceptors (Lipinski definition) is 4. The van der Waals surface area contributed by atoms with E-state index in [2.05, 4.69) is 25.1 Å². The minimum absolute atomic E-state index is 0.226. The number of anilines is 2. The number of imide groups is 1. The van der Waals surface area contributed by atoms with Gasteiger partial charge in [0.05, 0.1) is 17.4 Å². The van der Waals surface area contributed by atoms with Gasteiger partial charge in [-0.05, 0) is 52.6 Å². The highest BCUT2D eigenvalue weighted by Gasteiger charge is 2.60. The van der Waals surface area contributed by atoms with E-state index < -0.39 is 18.1 Å². The van der Waals surface area contributed by atoms with Gasteiger partial charge in [0, 0.05) is 0 Å². The molecular formula is C29H24N2O3. The van der Waals surface area contributed by atoms with Crippen LogP contribution in [0, 0.1) is 5.92 Å². The maximum absolute atomic E-state index is 13.8. The Morgan fingerprint density at radius 3 is 2.21 bits per heavy atom. The quantitative estimate of drug-likeness (QED) is 0.390. The summed E-state index contributed by atoms with van der Waals surface area (Å²) in [5.41, 5.74) is 3.53. The molecule has 0 aromatic heterocycles. The van der Waals surface area contributed by atoms with E-state index in [0.29, 0.717) is 5.69 Å². The highest BCUT2D eigenvalue weighted by atomic mass is 16.7. The molecule has 2 heterocycles. The van der Waals surface area contributed by atoms with Gasteiger partial charge in [0.25, 0.3) is 5.91 Å². The molecule has 3 atom stereocenters. The fourth-order valence-corrected chi connectivity index (χ4v) is 5.17. The van der Waals surface area contributed by atoms with E-state index in [1.54, 1.807) is 5.06 Å². The molecule has 0 bridgehead atoms. The Hall–Kier alpha value is -3.96. The number of aryl methyl sites for hydroxylation is 1. The lowest BCUT2D eigenvalue weighted by Crippen LogP contribution is -2.37. The van der Waals surface area contributed by atoms with E-state index in [4.69, 9.17) is 4.84 Å². The van der Waals surface area contributed by atoms with E-state index in [0.717, 1.165) is 34.0 Å². The maximum atomic E-state index is 13.8. The van der Waals surface area contributed by atoms with Gasteiger partial charge in [0.1, 0.15) is 5.92 Å². The molecule has 0 N–H and O–H groups in total. The Labute approximate surface area is 198 Å². The van der Waals surface area contributed by atoms with Gasteiger partial charge >= 0.3 is 0 Å². The lowest BCUT2D eigenvalue weighted by atomic mass is 9.87. The van der Waals surface area contributed by atoms with Crippen molar-refractivity contribution >= 4 is 34.0 Å². The molecule has 0 spiro atoms. The fraction of sp³-hybridized carbons (Fsp3) is 0.172. The van der Waals surface area contributed by atoms with Crippen LogP contribution in [0.4, 0.5) is 11.4 Å². The van der Waals surface area contributed by atoms with Crippen molar-refractivity contribution in [2.24, 2.45) is 5.92 Å². The Kier molecular flexibility index (Phi) is 4.93. The van der Waals surface area contributed by atoms with Crippen molar-refractivity contribution in [3.05, 3.63) is 108 Å². The second-order valence-corrected chi connectivity index (χ2v) is 8.76. The summed E-state index contributed by atoms with van der Waals surface area (Å²) < 4.78 is 0. The fourth-order valence-electron chi connectivity index (χ4n) is 5.17. The molecule has 0 aliphatic carbocycles. The average molecular weight is 449 g/mol. The van der Waals surface area contributed by atoms with Crippen molar-refractivity contribution in [1.82, 2.24) is 0 Å². The number of amides is 2. The Morgan fingerprint density at radius 1 is 0.735 bits per heavy atom. The summed E-state index contributed by atoms with van der Waals surface area (Å²) in [6.07, 6.45) is 0.0219. The third kappa shape index (κ3) is 3.12. The van der Waals surface area contributed by atoms with Crippen LogP contribution in [-0.4, -0.2) is 17.9 Å². The molecular weight excluding hydrogens is 424 g/mol. The monoisotopic (exact) mass is 448 g/mol. The number of nitrogens with zero attached hydrogens (tertiary/aromatic N) is 2. The van der Waals surface area contributed by atoms with Crippen molar-refractivity contribution in [1.29, 1.82) is 0 Å². The number of para-hydroxylation sites is 1. The van der Waals surface area contributed by atoms with Crippen molar-refractivity contribution in [3.63, 3.8) is 0 Å². The molecule has 2 fully saturated rings. The van der Waals surface area contributed by atoms with Gasteiger partial charge in [-0.2, -0.15) is 0 Å². The van der Waals surface area contributed by atoms with Crippen LogP contribution in [0.15, 0.2) is 97.1 Å². The number of carbonyl (C=O) groups excluding carboxylic acids is 2. The average Bonchev–Trinajstić information content (AvgIpc) is 3.40. The third-order valence-electron chi connectivity index (χ3n) is 6.87. The smallest absolute Gasteiger partial charge is 0.266 e. The molecule has 2 aliphatic heterocycles. The molecule has 4 aromatic carbocycles. The first-order valence-electron chi connectivity index (χ1n) is 11.6. The first-order valence-corrected chi connectivity index (χ1v) is 11.6. The summed E-state index contributed by atoms with van der Waals surface area (Å²) in [4.78, 5) is 35.0. The van der Waals surface area contributed by atoms with Crippen molar-refractivity contribution in [2.75, 3.05) is 9.96 Å². The predicted molar refractivity (Wildman–Crippen MR) is 132 cm³/mol. The van der Waals surface area contributed by atoms with Gasteiger partial charge in [-0.1, -0.05) is 79.7 Å². The van der Waals surface area contributed by atoms with Crippen LogP contribution >= 0.6 is 0 Å². The van der Waals surface area contributed by atoms with Crippen LogP contribution in [0.25, 0.3) is 10.8 Å². The van der Waals surface area contributed by atoms with Crippen LogP contribution in [0.5, 0.6) is 0 Å². The number of fused-ring (bicyclic) bond motifs is 2. The molecule has 0 saturated carbocycles. The minimum Gasteiger partial charge on any atom is -0.273 e. The van der Waals surface area contributed by atoms with Gasteiger partial charge in [0.15, 0.2) is 6.10 Å². The van der Waals surface area contributed by atoms with Crippen molar-refractivity contribution < 1.29 is 14.4 Å². The summed E-state index contributed by atoms with van der Waals surface area (Å²) >= 11 is 0. The van der Waals surface area contributed by atoms with Crippen LogP contribution in [0.3, 0.4) is 0 Å². The molecule has 5 nitrogen and oxygen atoms in total. The maximum Gasteiger partial charge on any atom is 0.266 e. The summed E-state index contributed by atoms with van der Waals surface area (Å²) in [5.74, 6) is -1.19. The highest BCUT2D eigenvalue weighted by molar-refractivity contribution is 6.24. The molecule has 6 rings (SSSR count). The topological polar surface area (TPSA) is 49.9 Å². The molecule has 34 heavy (non-hydrogen) atoms. The Balaban J connectivity index is 1.48. The van der Waals surface area contributed by atoms with E-state index in [1.807, 2.05) is 78.9 Å². The lowest BCUT2D eigenvalue weighted by molar-refractivity contribution is -0.126. The van der Waals surface area contributed by atoms with E-state index in [9.17, 15) is 9.59 Å². The van der Waals surface area contributed by atoms with E-state index in [1.165, 1.54) is 4.90 Å². The Bertz CT molecular complexity index is 1380. The molecule has 0 radical (unpaired) electrons. The zero-order valence-corrected chi connectivity index (χ0v) is 18.8. The zero-order valence-electron chi connectivity index (χ0n) is 18.8. The predicted octanol–water partition coefficient (Wildman–Crippen LogP) is 5.45. The van der Waals surface area contributed by atoms with Crippen molar-refractivity contribution in [3.8, 4) is 0 Å². The zero-order chi connectivity index (χ0) is 23.2. The third-order valence-corrected chi connectivity index (χ3v) is 6.87. The van der Waals surface area contributed by atoms with E-state index in [-0.39, 0.29) is 11.8 Å². The second kappa shape index (κ2) is 8.12. The summed E-state index contributed by atoms with van der Waals surface area (Å²) in [7, 11) is 0. The van der Waals surface area contributed by atoms with E-state index >= 15 is 0 Å². The summed E-state index contributed by atoms with van der Waals surface area (Å²) in [5, 5.41) is 3.89. The summed E-state index contributed by atoms with van der Waals surface area (Å²) in [6, 6.07) is 31.1. The molecule has 168 valence electrons. The number of carbonyl (C=O) groups is 2. The SMILES string of the molecule is CCc1ccc(N2C(=O)[C@@H]3[C@H](ON(c4ccccc4)[C@@H]3c3cccc4ccccc34)C2=O)cc1. The largest absolute Gasteiger partial charge is 0.273 e. The van der Waals surface area contributed by atoms with Crippen LogP contribution in [-0.2, 0) is 20.8 Å². The van der Waals surface area contributed by atoms with Gasteiger partial charge < -0.3 is 0 Å². The van der Waals surface area contributed by atoms with Crippen LogP contribution in [0.2, 0.25) is 0 Å². The molecule has 2 amide bonds. The molecule has 5 heteroatoms. The summed E-state index contributed by atoms with van der Waals surface area (Å²) in [6.45, 7) is 2.08. The first-order chi connectivity index (χ1) is 16.7. The van der Waals surface area contributed by atoms with Gasteiger partial charge in [-0.25, -0.2) is 9.96 Å².